The molecular weight excluding hydrogens is 390 g/mol. The average Bonchev–Trinajstić information content (AvgIpc) is 3.47. The lowest BCUT2D eigenvalue weighted by Gasteiger charge is -2.16. The maximum absolute atomic E-state index is 10.3. The van der Waals surface area contributed by atoms with Crippen LogP contribution in [0.25, 0.3) is 22.6 Å². The monoisotopic (exact) mass is 409 g/mol. The summed E-state index contributed by atoms with van der Waals surface area (Å²) >= 11 is 0. The minimum atomic E-state index is -1.23. The molecule has 3 N–H and O–H groups in total. The van der Waals surface area contributed by atoms with Crippen LogP contribution >= 0.6 is 0 Å². The molecule has 0 radical (unpaired) electrons. The van der Waals surface area contributed by atoms with E-state index in [1.807, 2.05) is 30.3 Å². The number of hydrogen-bond acceptors (Lipinski definition) is 9. The molecular formula is C19H19N7O4. The number of imidazole rings is 1. The van der Waals surface area contributed by atoms with Crippen LogP contribution < -0.4 is 0 Å². The summed E-state index contributed by atoms with van der Waals surface area (Å²) in [6.45, 7) is 0.158. The van der Waals surface area contributed by atoms with Gasteiger partial charge in [-0.1, -0.05) is 35.5 Å². The Bertz CT molecular complexity index is 1160. The zero-order chi connectivity index (χ0) is 20.7. The molecule has 1 aliphatic heterocycles. The number of aromatic nitrogens is 7. The van der Waals surface area contributed by atoms with Crippen molar-refractivity contribution in [3.05, 3.63) is 54.7 Å². The van der Waals surface area contributed by atoms with Crippen molar-refractivity contribution in [1.82, 2.24) is 34.5 Å². The van der Waals surface area contributed by atoms with Crippen LogP contribution in [-0.4, -0.2) is 74.8 Å². The summed E-state index contributed by atoms with van der Waals surface area (Å²) in [7, 11) is 0. The lowest BCUT2D eigenvalue weighted by molar-refractivity contribution is -0.0511. The molecule has 1 aliphatic rings. The standard InChI is InChI=1S/C19H19N7O4/c27-8-13-16(28)17(29)19(30-13)26-10-22-15-14(20-9-21-18(15)26)12-7-25(24-23-12)6-11-4-2-1-3-5-11/h1-5,7,9-10,13,16-17,19,27-29H,6,8H2/t13-,16-,17-,19-/m1/s1. The van der Waals surface area contributed by atoms with Crippen molar-refractivity contribution in [2.45, 2.75) is 31.1 Å². The molecule has 1 saturated heterocycles. The molecule has 1 aromatic carbocycles. The van der Waals surface area contributed by atoms with E-state index in [1.165, 1.54) is 17.2 Å². The highest BCUT2D eigenvalue weighted by Crippen LogP contribution is 2.32. The highest BCUT2D eigenvalue weighted by Gasteiger charge is 2.44. The van der Waals surface area contributed by atoms with E-state index < -0.39 is 31.1 Å². The second kappa shape index (κ2) is 7.54. The van der Waals surface area contributed by atoms with Crippen LogP contribution in [0.1, 0.15) is 11.8 Å². The third kappa shape index (κ3) is 3.13. The molecule has 0 amide bonds. The van der Waals surface area contributed by atoms with Gasteiger partial charge in [-0.15, -0.1) is 5.10 Å². The fraction of sp³-hybridized carbons (Fsp3) is 0.316. The zero-order valence-corrected chi connectivity index (χ0v) is 15.7. The molecule has 0 spiro atoms. The van der Waals surface area contributed by atoms with Crippen molar-refractivity contribution in [3.8, 4) is 11.4 Å². The molecule has 4 aromatic rings. The Morgan fingerprint density at radius 3 is 2.63 bits per heavy atom. The molecule has 5 rings (SSSR count). The Morgan fingerprint density at radius 2 is 1.87 bits per heavy atom. The molecule has 0 saturated carbocycles. The number of rotatable bonds is 5. The lowest BCUT2D eigenvalue weighted by atomic mass is 10.1. The third-order valence-corrected chi connectivity index (χ3v) is 5.12. The van der Waals surface area contributed by atoms with E-state index in [2.05, 4.69) is 25.3 Å². The first-order valence-electron chi connectivity index (χ1n) is 9.40. The number of hydrogen-bond donors (Lipinski definition) is 3. The van der Waals surface area contributed by atoms with Gasteiger partial charge in [0.05, 0.1) is 25.7 Å². The topological polar surface area (TPSA) is 144 Å². The number of aliphatic hydroxyl groups excluding tert-OH is 3. The Balaban J connectivity index is 1.47. The molecule has 0 unspecified atom stereocenters. The molecule has 11 nitrogen and oxygen atoms in total. The van der Waals surface area contributed by atoms with Crippen LogP contribution in [0.4, 0.5) is 0 Å². The first-order chi connectivity index (χ1) is 14.7. The van der Waals surface area contributed by atoms with Crippen molar-refractivity contribution in [2.24, 2.45) is 0 Å². The highest BCUT2D eigenvalue weighted by molar-refractivity contribution is 5.85. The van der Waals surface area contributed by atoms with E-state index in [0.29, 0.717) is 29.1 Å². The third-order valence-electron chi connectivity index (χ3n) is 5.12. The Morgan fingerprint density at radius 1 is 1.03 bits per heavy atom. The van der Waals surface area contributed by atoms with Crippen LogP contribution in [0.15, 0.2) is 49.2 Å². The molecule has 154 valence electrons. The molecule has 4 heterocycles. The van der Waals surface area contributed by atoms with Gasteiger partial charge in [0, 0.05) is 0 Å². The van der Waals surface area contributed by atoms with Gasteiger partial charge < -0.3 is 20.1 Å². The molecule has 4 atom stereocenters. The number of aliphatic hydroxyl groups is 3. The van der Waals surface area contributed by atoms with Gasteiger partial charge in [-0.05, 0) is 5.56 Å². The van der Waals surface area contributed by atoms with Gasteiger partial charge in [0.15, 0.2) is 11.9 Å². The van der Waals surface area contributed by atoms with E-state index in [1.54, 1.807) is 10.9 Å². The predicted octanol–water partition coefficient (Wildman–Crippen LogP) is -0.255. The number of benzene rings is 1. The van der Waals surface area contributed by atoms with Crippen LogP contribution in [0, 0.1) is 0 Å². The number of ether oxygens (including phenoxy) is 1. The number of nitrogens with zero attached hydrogens (tertiary/aromatic N) is 7. The summed E-state index contributed by atoms with van der Waals surface area (Å²) in [5.41, 5.74) is 2.99. The maximum Gasteiger partial charge on any atom is 0.166 e. The van der Waals surface area contributed by atoms with Gasteiger partial charge in [0.1, 0.15) is 41.5 Å². The Hall–Kier alpha value is -3.25. The van der Waals surface area contributed by atoms with Gasteiger partial charge >= 0.3 is 0 Å². The highest BCUT2D eigenvalue weighted by atomic mass is 16.6. The second-order valence-electron chi connectivity index (χ2n) is 7.06. The van der Waals surface area contributed by atoms with Gasteiger partial charge in [0.2, 0.25) is 0 Å². The normalized spacial score (nSPS) is 24.0. The average molecular weight is 409 g/mol. The minimum absolute atomic E-state index is 0.410. The van der Waals surface area contributed by atoms with Crippen LogP contribution in [0.2, 0.25) is 0 Å². The summed E-state index contributed by atoms with van der Waals surface area (Å²) < 4.78 is 8.81. The molecule has 1 fully saturated rings. The first kappa shape index (κ1) is 18.8. The summed E-state index contributed by atoms with van der Waals surface area (Å²) in [4.78, 5) is 12.9. The van der Waals surface area contributed by atoms with Crippen molar-refractivity contribution in [3.63, 3.8) is 0 Å². The maximum atomic E-state index is 10.3. The molecule has 11 heteroatoms. The van der Waals surface area contributed by atoms with Crippen LogP contribution in [0.5, 0.6) is 0 Å². The minimum Gasteiger partial charge on any atom is -0.394 e. The Kier molecular flexibility index (Phi) is 4.71. The van der Waals surface area contributed by atoms with E-state index in [4.69, 9.17) is 4.74 Å². The van der Waals surface area contributed by atoms with Crippen molar-refractivity contribution < 1.29 is 20.1 Å². The predicted molar refractivity (Wildman–Crippen MR) is 103 cm³/mol. The fourth-order valence-electron chi connectivity index (χ4n) is 3.59. The van der Waals surface area contributed by atoms with E-state index in [9.17, 15) is 15.3 Å². The SMILES string of the molecule is OC[C@H]1O[C@@H](n2cnc3c(-c4cn(Cc5ccccc5)nn4)ncnc32)[C@H](O)[C@@H]1O. The molecule has 0 bridgehead atoms. The number of fused-ring (bicyclic) bond motifs is 1. The van der Waals surface area contributed by atoms with E-state index in [-0.39, 0.29) is 0 Å². The smallest absolute Gasteiger partial charge is 0.166 e. The van der Waals surface area contributed by atoms with Gasteiger partial charge in [-0.3, -0.25) is 4.57 Å². The van der Waals surface area contributed by atoms with Gasteiger partial charge in [0.25, 0.3) is 0 Å². The van der Waals surface area contributed by atoms with Crippen molar-refractivity contribution >= 4 is 11.2 Å². The first-order valence-corrected chi connectivity index (χ1v) is 9.40. The largest absolute Gasteiger partial charge is 0.394 e. The zero-order valence-electron chi connectivity index (χ0n) is 15.7. The quantitative estimate of drug-likeness (QED) is 0.406. The molecule has 3 aromatic heterocycles. The van der Waals surface area contributed by atoms with Crippen LogP contribution in [0.3, 0.4) is 0 Å². The molecule has 30 heavy (non-hydrogen) atoms. The lowest BCUT2D eigenvalue weighted by Crippen LogP contribution is -2.33. The summed E-state index contributed by atoms with van der Waals surface area (Å²) in [5.74, 6) is 0. The Labute approximate surface area is 170 Å². The van der Waals surface area contributed by atoms with Crippen LogP contribution in [-0.2, 0) is 11.3 Å². The van der Waals surface area contributed by atoms with E-state index >= 15 is 0 Å². The van der Waals surface area contributed by atoms with E-state index in [0.717, 1.165) is 5.56 Å². The van der Waals surface area contributed by atoms with Gasteiger partial charge in [-0.25, -0.2) is 19.6 Å². The summed E-state index contributed by atoms with van der Waals surface area (Å²) in [6.07, 6.45) is 0.340. The summed E-state index contributed by atoms with van der Waals surface area (Å²) in [6, 6.07) is 9.90. The fourth-order valence-corrected chi connectivity index (χ4v) is 3.59. The second-order valence-corrected chi connectivity index (χ2v) is 7.06. The van der Waals surface area contributed by atoms with Crippen molar-refractivity contribution in [1.29, 1.82) is 0 Å². The molecule has 0 aliphatic carbocycles. The van der Waals surface area contributed by atoms with Crippen molar-refractivity contribution in [2.75, 3.05) is 6.61 Å². The summed E-state index contributed by atoms with van der Waals surface area (Å²) in [5, 5.41) is 38.0. The van der Waals surface area contributed by atoms with Gasteiger partial charge in [-0.2, -0.15) is 0 Å².